The number of benzene rings is 2. The van der Waals surface area contributed by atoms with Crippen LogP contribution in [0.3, 0.4) is 0 Å². The predicted octanol–water partition coefficient (Wildman–Crippen LogP) is 3.73. The summed E-state index contributed by atoms with van der Waals surface area (Å²) < 4.78 is 13.8. The number of rotatable bonds is 2. The molecule has 5 heteroatoms. The van der Waals surface area contributed by atoms with Crippen LogP contribution in [0.25, 0.3) is 0 Å². The molecule has 0 aromatic heterocycles. The minimum atomic E-state index is -0.389. The lowest BCUT2D eigenvalue weighted by Crippen LogP contribution is -2.13. The number of carbonyl (C=O) groups is 1. The predicted molar refractivity (Wildman–Crippen MR) is 77.6 cm³/mol. The maximum absolute atomic E-state index is 13.1. The molecule has 0 unspecified atom stereocenters. The fourth-order valence-corrected chi connectivity index (χ4v) is 1.97. The van der Waals surface area contributed by atoms with Crippen LogP contribution < -0.4 is 11.1 Å². The number of carbonyl (C=O) groups excluding carboxylic acids is 1. The Morgan fingerprint density at radius 2 is 2.00 bits per heavy atom. The lowest BCUT2D eigenvalue weighted by Gasteiger charge is -2.09. The first kappa shape index (κ1) is 13.5. The van der Waals surface area contributed by atoms with Gasteiger partial charge in [-0.15, -0.1) is 0 Å². The van der Waals surface area contributed by atoms with Gasteiger partial charge in [-0.3, -0.25) is 4.79 Å². The Bertz CT molecular complexity index is 643. The maximum Gasteiger partial charge on any atom is 0.255 e. The fourth-order valence-electron chi connectivity index (χ4n) is 1.59. The summed E-state index contributed by atoms with van der Waals surface area (Å²) in [6.45, 7) is 1.80. The standard InChI is InChI=1S/C14H12BrFN2O/c1-8-2-4-10(16)7-13(8)18-14(19)9-3-5-12(17)11(15)6-9/h2-7H,17H2,1H3,(H,18,19). The van der Waals surface area contributed by atoms with Crippen LogP contribution in [0.5, 0.6) is 0 Å². The Balaban J connectivity index is 2.25. The molecule has 2 aromatic carbocycles. The molecule has 0 saturated heterocycles. The van der Waals surface area contributed by atoms with Crippen LogP contribution in [-0.4, -0.2) is 5.91 Å². The van der Waals surface area contributed by atoms with E-state index in [1.54, 1.807) is 31.2 Å². The molecular weight excluding hydrogens is 311 g/mol. The number of nitrogens with two attached hydrogens (primary N) is 1. The zero-order valence-corrected chi connectivity index (χ0v) is 11.8. The van der Waals surface area contributed by atoms with E-state index in [1.165, 1.54) is 12.1 Å². The lowest BCUT2D eigenvalue weighted by atomic mass is 10.1. The third-order valence-electron chi connectivity index (χ3n) is 2.71. The first-order valence-electron chi connectivity index (χ1n) is 5.60. The van der Waals surface area contributed by atoms with Crippen molar-refractivity contribution in [3.63, 3.8) is 0 Å². The first-order valence-corrected chi connectivity index (χ1v) is 6.39. The quantitative estimate of drug-likeness (QED) is 0.828. The Hall–Kier alpha value is -1.88. The van der Waals surface area contributed by atoms with Crippen molar-refractivity contribution in [3.05, 3.63) is 57.8 Å². The first-order chi connectivity index (χ1) is 8.97. The highest BCUT2D eigenvalue weighted by molar-refractivity contribution is 9.10. The van der Waals surface area contributed by atoms with Crippen molar-refractivity contribution in [2.75, 3.05) is 11.1 Å². The average molecular weight is 323 g/mol. The zero-order chi connectivity index (χ0) is 14.0. The molecule has 19 heavy (non-hydrogen) atoms. The van der Waals surface area contributed by atoms with Gasteiger partial charge in [0.2, 0.25) is 0 Å². The van der Waals surface area contributed by atoms with Crippen LogP contribution in [0.15, 0.2) is 40.9 Å². The number of hydrogen-bond acceptors (Lipinski definition) is 2. The van der Waals surface area contributed by atoms with E-state index in [1.807, 2.05) is 0 Å². The smallest absolute Gasteiger partial charge is 0.255 e. The topological polar surface area (TPSA) is 55.1 Å². The molecular formula is C14H12BrFN2O. The molecule has 0 aliphatic heterocycles. The summed E-state index contributed by atoms with van der Waals surface area (Å²) in [6, 6.07) is 9.13. The highest BCUT2D eigenvalue weighted by Gasteiger charge is 2.09. The van der Waals surface area contributed by atoms with Crippen molar-refractivity contribution in [2.45, 2.75) is 6.92 Å². The number of aryl methyl sites for hydroxylation is 1. The molecule has 2 aromatic rings. The number of halogens is 2. The Kier molecular flexibility index (Phi) is 3.85. The van der Waals surface area contributed by atoms with Gasteiger partial charge in [-0.2, -0.15) is 0 Å². The molecule has 0 atom stereocenters. The molecule has 0 heterocycles. The Labute approximate surface area is 118 Å². The molecule has 0 radical (unpaired) electrons. The summed E-state index contributed by atoms with van der Waals surface area (Å²) in [6.07, 6.45) is 0. The molecule has 3 nitrogen and oxygen atoms in total. The summed E-state index contributed by atoms with van der Waals surface area (Å²) in [5, 5.41) is 2.67. The molecule has 1 amide bonds. The van der Waals surface area contributed by atoms with Gasteiger partial charge in [-0.25, -0.2) is 4.39 Å². The van der Waals surface area contributed by atoms with Gasteiger partial charge in [0.05, 0.1) is 0 Å². The summed E-state index contributed by atoms with van der Waals surface area (Å²) >= 11 is 3.26. The van der Waals surface area contributed by atoms with Crippen LogP contribution in [0.2, 0.25) is 0 Å². The largest absolute Gasteiger partial charge is 0.398 e. The van der Waals surface area contributed by atoms with E-state index in [4.69, 9.17) is 5.73 Å². The van der Waals surface area contributed by atoms with E-state index < -0.39 is 0 Å². The molecule has 0 aliphatic rings. The summed E-state index contributed by atoms with van der Waals surface area (Å²) in [5.41, 5.74) is 7.91. The second-order valence-corrected chi connectivity index (χ2v) is 5.00. The lowest BCUT2D eigenvalue weighted by molar-refractivity contribution is 0.102. The normalized spacial score (nSPS) is 10.3. The average Bonchev–Trinajstić information content (AvgIpc) is 2.37. The molecule has 98 valence electrons. The van der Waals surface area contributed by atoms with E-state index in [9.17, 15) is 9.18 Å². The number of nitrogens with one attached hydrogen (secondary N) is 1. The van der Waals surface area contributed by atoms with E-state index in [-0.39, 0.29) is 11.7 Å². The van der Waals surface area contributed by atoms with Gasteiger partial charge in [0, 0.05) is 21.4 Å². The molecule has 0 spiro atoms. The number of anilines is 2. The summed E-state index contributed by atoms with van der Waals surface area (Å²) in [4.78, 5) is 12.0. The van der Waals surface area contributed by atoms with Gasteiger partial charge in [-0.1, -0.05) is 6.07 Å². The van der Waals surface area contributed by atoms with Gasteiger partial charge < -0.3 is 11.1 Å². The minimum absolute atomic E-state index is 0.311. The molecule has 0 saturated carbocycles. The molecule has 3 N–H and O–H groups in total. The van der Waals surface area contributed by atoms with Crippen LogP contribution in [0, 0.1) is 12.7 Å². The zero-order valence-electron chi connectivity index (χ0n) is 10.2. The highest BCUT2D eigenvalue weighted by Crippen LogP contribution is 2.22. The van der Waals surface area contributed by atoms with E-state index in [0.29, 0.717) is 21.4 Å². The van der Waals surface area contributed by atoms with Crippen LogP contribution in [0.1, 0.15) is 15.9 Å². The third-order valence-corrected chi connectivity index (χ3v) is 3.40. The Morgan fingerprint density at radius 1 is 1.26 bits per heavy atom. The second kappa shape index (κ2) is 5.40. The van der Waals surface area contributed by atoms with Crippen molar-refractivity contribution >= 4 is 33.2 Å². The number of hydrogen-bond donors (Lipinski definition) is 2. The molecule has 2 rings (SSSR count). The number of nitrogen functional groups attached to an aromatic ring is 1. The van der Waals surface area contributed by atoms with Crippen LogP contribution in [0.4, 0.5) is 15.8 Å². The molecule has 0 bridgehead atoms. The summed E-state index contributed by atoms with van der Waals surface area (Å²) in [5.74, 6) is -0.700. The Morgan fingerprint density at radius 3 is 2.68 bits per heavy atom. The van der Waals surface area contributed by atoms with Gasteiger partial charge >= 0.3 is 0 Å². The third kappa shape index (κ3) is 3.12. The maximum atomic E-state index is 13.1. The highest BCUT2D eigenvalue weighted by atomic mass is 79.9. The van der Waals surface area contributed by atoms with E-state index in [2.05, 4.69) is 21.2 Å². The van der Waals surface area contributed by atoms with Gasteiger partial charge in [0.15, 0.2) is 0 Å². The van der Waals surface area contributed by atoms with Gasteiger partial charge in [0.25, 0.3) is 5.91 Å². The monoisotopic (exact) mass is 322 g/mol. The fraction of sp³-hybridized carbons (Fsp3) is 0.0714. The van der Waals surface area contributed by atoms with Gasteiger partial charge in [-0.05, 0) is 58.7 Å². The minimum Gasteiger partial charge on any atom is -0.398 e. The molecule has 0 aliphatic carbocycles. The molecule has 0 fully saturated rings. The van der Waals surface area contributed by atoms with Crippen molar-refractivity contribution in [2.24, 2.45) is 0 Å². The van der Waals surface area contributed by atoms with Crippen molar-refractivity contribution < 1.29 is 9.18 Å². The van der Waals surface area contributed by atoms with E-state index in [0.717, 1.165) is 5.56 Å². The van der Waals surface area contributed by atoms with E-state index >= 15 is 0 Å². The van der Waals surface area contributed by atoms with Crippen LogP contribution >= 0.6 is 15.9 Å². The van der Waals surface area contributed by atoms with Crippen molar-refractivity contribution in [3.8, 4) is 0 Å². The van der Waals surface area contributed by atoms with Crippen molar-refractivity contribution in [1.82, 2.24) is 0 Å². The van der Waals surface area contributed by atoms with Crippen molar-refractivity contribution in [1.29, 1.82) is 0 Å². The summed E-state index contributed by atoms with van der Waals surface area (Å²) in [7, 11) is 0. The second-order valence-electron chi connectivity index (χ2n) is 4.15. The SMILES string of the molecule is Cc1ccc(F)cc1NC(=O)c1ccc(N)c(Br)c1. The van der Waals surface area contributed by atoms with Crippen LogP contribution in [-0.2, 0) is 0 Å². The van der Waals surface area contributed by atoms with Gasteiger partial charge in [0.1, 0.15) is 5.82 Å². The number of amides is 1.